The number of carboxylic acid groups (broad SMARTS) is 1. The Balaban J connectivity index is 1.03. The van der Waals surface area contributed by atoms with Crippen molar-refractivity contribution >= 4 is 29.4 Å². The van der Waals surface area contributed by atoms with Crippen LogP contribution >= 0.6 is 11.8 Å². The maximum Gasteiger partial charge on any atom is 0.336 e. The lowest BCUT2D eigenvalue weighted by Crippen LogP contribution is -2.60. The van der Waals surface area contributed by atoms with Gasteiger partial charge in [0.15, 0.2) is 6.29 Å². The summed E-state index contributed by atoms with van der Waals surface area (Å²) in [5.41, 5.74) is 3.59. The van der Waals surface area contributed by atoms with Gasteiger partial charge >= 0.3 is 12.0 Å². The van der Waals surface area contributed by atoms with Gasteiger partial charge in [0.1, 0.15) is 0 Å². The van der Waals surface area contributed by atoms with Crippen molar-refractivity contribution < 1.29 is 29.3 Å². The van der Waals surface area contributed by atoms with Crippen molar-refractivity contribution in [2.75, 3.05) is 11.1 Å². The second-order valence-corrected chi connectivity index (χ2v) is 14.4. The van der Waals surface area contributed by atoms with Gasteiger partial charge in [0, 0.05) is 33.9 Å². The highest BCUT2D eigenvalue weighted by Crippen LogP contribution is 2.55. The van der Waals surface area contributed by atoms with Crippen LogP contribution in [0.4, 0.5) is 10.5 Å². The average Bonchev–Trinajstić information content (AvgIpc) is 3.03. The molecule has 3 aromatic rings. The van der Waals surface area contributed by atoms with E-state index in [9.17, 15) is 19.8 Å². The summed E-state index contributed by atoms with van der Waals surface area (Å²) < 4.78 is 12.9. The summed E-state index contributed by atoms with van der Waals surface area (Å²) in [6, 6.07) is 22.2. The van der Waals surface area contributed by atoms with Crippen LogP contribution in [0.2, 0.25) is 0 Å². The van der Waals surface area contributed by atoms with E-state index in [0.717, 1.165) is 53.7 Å². The van der Waals surface area contributed by atoms with Gasteiger partial charge in [0.2, 0.25) is 0 Å². The largest absolute Gasteiger partial charge is 0.478 e. The minimum Gasteiger partial charge on any atom is -0.478 e. The standard InChI is InChI=1S/C36H40N2O6S/c39-20-22-5-7-26(8-6-22)31-16-29(21-45-32-4-2-1-3-30(32)33(40)41)43-34(44-31)27-9-11-28(12-10-27)37-35(42)38-36-17-23-13-24(18-36)15-25(14-23)19-36/h1-12,23-25,29,31,34,39H,13-21H2,(H,40,41)(H2,37,38,42)/t23?,24?,25?,29-,31+,34+,36?/m0/s1. The number of aromatic carboxylic acids is 1. The Morgan fingerprint density at radius 2 is 1.47 bits per heavy atom. The van der Waals surface area contributed by atoms with Gasteiger partial charge in [-0.3, -0.25) is 0 Å². The molecule has 3 aromatic carbocycles. The zero-order valence-corrected chi connectivity index (χ0v) is 26.0. The van der Waals surface area contributed by atoms with E-state index >= 15 is 0 Å². The third kappa shape index (κ3) is 6.77. The number of amides is 2. The van der Waals surface area contributed by atoms with E-state index in [2.05, 4.69) is 10.6 Å². The zero-order chi connectivity index (χ0) is 31.0. The molecule has 8 nitrogen and oxygen atoms in total. The molecule has 0 unspecified atom stereocenters. The van der Waals surface area contributed by atoms with E-state index < -0.39 is 12.3 Å². The van der Waals surface area contributed by atoms with Gasteiger partial charge in [-0.05, 0) is 91.7 Å². The molecule has 1 saturated heterocycles. The molecule has 4 bridgehead atoms. The molecule has 2 amide bonds. The minimum atomic E-state index is -0.953. The monoisotopic (exact) mass is 628 g/mol. The number of anilines is 1. The summed E-state index contributed by atoms with van der Waals surface area (Å²) in [7, 11) is 0. The summed E-state index contributed by atoms with van der Waals surface area (Å²) in [5.74, 6) is 1.89. The molecule has 4 aliphatic carbocycles. The molecule has 4 N–H and O–H groups in total. The first kappa shape index (κ1) is 30.3. The fraction of sp³-hybridized carbons (Fsp3) is 0.444. The average molecular weight is 629 g/mol. The zero-order valence-electron chi connectivity index (χ0n) is 25.2. The second kappa shape index (κ2) is 12.8. The van der Waals surface area contributed by atoms with Crippen LogP contribution in [0.25, 0.3) is 0 Å². The fourth-order valence-corrected chi connectivity index (χ4v) is 9.43. The summed E-state index contributed by atoms with van der Waals surface area (Å²) in [6.07, 6.45) is 6.81. The Labute approximate surface area is 267 Å². The lowest BCUT2D eigenvalue weighted by atomic mass is 9.53. The fourth-order valence-electron chi connectivity index (χ4n) is 8.37. The molecule has 0 spiro atoms. The molecule has 1 aliphatic heterocycles. The van der Waals surface area contributed by atoms with E-state index in [0.29, 0.717) is 22.8 Å². The van der Waals surface area contributed by atoms with Crippen molar-refractivity contribution in [2.45, 2.75) is 80.5 Å². The number of carbonyl (C=O) groups excluding carboxylic acids is 1. The minimum absolute atomic E-state index is 0.0270. The van der Waals surface area contributed by atoms with Crippen LogP contribution < -0.4 is 10.6 Å². The molecule has 4 saturated carbocycles. The Morgan fingerprint density at radius 3 is 2.11 bits per heavy atom. The summed E-state index contributed by atoms with van der Waals surface area (Å²) in [5, 5.41) is 25.5. The summed E-state index contributed by atoms with van der Waals surface area (Å²) in [4.78, 5) is 25.5. The second-order valence-electron chi connectivity index (χ2n) is 13.4. The molecular weight excluding hydrogens is 588 g/mol. The normalized spacial score (nSPS) is 30.2. The molecule has 0 radical (unpaired) electrons. The van der Waals surface area contributed by atoms with Crippen LogP contribution in [0.15, 0.2) is 77.7 Å². The molecule has 1 heterocycles. The number of carboxylic acids is 1. The Hall–Kier alpha value is -3.37. The molecule has 5 fully saturated rings. The summed E-state index contributed by atoms with van der Waals surface area (Å²) in [6.45, 7) is -0.0270. The topological polar surface area (TPSA) is 117 Å². The Kier molecular flexibility index (Phi) is 8.61. The van der Waals surface area contributed by atoms with Crippen molar-refractivity contribution in [3.8, 4) is 0 Å². The van der Waals surface area contributed by atoms with Crippen molar-refractivity contribution in [1.82, 2.24) is 5.32 Å². The van der Waals surface area contributed by atoms with Gasteiger partial charge in [0.25, 0.3) is 0 Å². The smallest absolute Gasteiger partial charge is 0.336 e. The van der Waals surface area contributed by atoms with Gasteiger partial charge in [-0.1, -0.05) is 48.5 Å². The molecule has 3 atom stereocenters. The van der Waals surface area contributed by atoms with Crippen LogP contribution in [-0.2, 0) is 16.1 Å². The van der Waals surface area contributed by atoms with Gasteiger partial charge in [0.05, 0.1) is 24.4 Å². The van der Waals surface area contributed by atoms with Crippen molar-refractivity contribution in [3.05, 3.63) is 95.1 Å². The van der Waals surface area contributed by atoms with Gasteiger partial charge < -0.3 is 30.3 Å². The van der Waals surface area contributed by atoms with Crippen molar-refractivity contribution in [3.63, 3.8) is 0 Å². The number of carbonyl (C=O) groups is 2. The maximum absolute atomic E-state index is 13.1. The predicted octanol–water partition coefficient (Wildman–Crippen LogP) is 7.31. The highest BCUT2D eigenvalue weighted by Gasteiger charge is 2.51. The number of aliphatic hydroxyl groups is 1. The number of rotatable bonds is 9. The number of thioether (sulfide) groups is 1. The first-order chi connectivity index (χ1) is 21.8. The van der Waals surface area contributed by atoms with E-state index in [1.54, 1.807) is 12.1 Å². The Bertz CT molecular complexity index is 1490. The number of hydrogen-bond donors (Lipinski definition) is 4. The van der Waals surface area contributed by atoms with Gasteiger partial charge in [-0.2, -0.15) is 0 Å². The molecule has 236 valence electrons. The first-order valence-electron chi connectivity index (χ1n) is 16.0. The number of benzene rings is 3. The Morgan fingerprint density at radius 1 is 0.822 bits per heavy atom. The molecule has 9 heteroatoms. The first-order valence-corrected chi connectivity index (χ1v) is 17.0. The van der Waals surface area contributed by atoms with Gasteiger partial charge in [-0.25, -0.2) is 9.59 Å². The number of ether oxygens (including phenoxy) is 2. The molecular formula is C36H40N2O6S. The van der Waals surface area contributed by atoms with E-state index in [1.807, 2.05) is 60.7 Å². The third-order valence-corrected chi connectivity index (χ3v) is 11.2. The van der Waals surface area contributed by atoms with Gasteiger partial charge in [-0.15, -0.1) is 11.8 Å². The van der Waals surface area contributed by atoms with Crippen LogP contribution in [0.3, 0.4) is 0 Å². The SMILES string of the molecule is O=C(Nc1ccc([C@@H]2O[C@H](CSc3ccccc3C(=O)O)C[C@H](c3ccc(CO)cc3)O2)cc1)NC12CC3CC(CC(C3)C1)C2. The predicted molar refractivity (Wildman–Crippen MR) is 172 cm³/mol. The van der Waals surface area contributed by atoms with Crippen LogP contribution in [0.5, 0.6) is 0 Å². The van der Waals surface area contributed by atoms with E-state index in [-0.39, 0.29) is 35.9 Å². The molecule has 8 rings (SSSR count). The number of hydrogen-bond acceptors (Lipinski definition) is 6. The quantitative estimate of drug-likeness (QED) is 0.184. The number of urea groups is 1. The van der Waals surface area contributed by atoms with E-state index in [1.165, 1.54) is 31.0 Å². The number of nitrogens with one attached hydrogen (secondary N) is 2. The lowest BCUT2D eigenvalue weighted by Gasteiger charge is -2.56. The highest BCUT2D eigenvalue weighted by molar-refractivity contribution is 7.99. The third-order valence-electron chi connectivity index (χ3n) is 10.0. The van der Waals surface area contributed by atoms with Crippen LogP contribution in [0, 0.1) is 17.8 Å². The summed E-state index contributed by atoms with van der Waals surface area (Å²) >= 11 is 1.47. The number of aliphatic hydroxyl groups excluding tert-OH is 1. The highest BCUT2D eigenvalue weighted by atomic mass is 32.2. The molecule has 45 heavy (non-hydrogen) atoms. The molecule has 0 aromatic heterocycles. The van der Waals surface area contributed by atoms with Crippen molar-refractivity contribution in [2.24, 2.45) is 17.8 Å². The van der Waals surface area contributed by atoms with Crippen molar-refractivity contribution in [1.29, 1.82) is 0 Å². The lowest BCUT2D eigenvalue weighted by molar-refractivity contribution is -0.245. The molecule has 5 aliphatic rings. The van der Waals surface area contributed by atoms with E-state index in [4.69, 9.17) is 9.47 Å². The van der Waals surface area contributed by atoms with Crippen LogP contribution in [-0.4, -0.2) is 39.6 Å². The maximum atomic E-state index is 13.1. The van der Waals surface area contributed by atoms with Crippen LogP contribution in [0.1, 0.15) is 84.4 Å².